The molecule has 1 aromatic carbocycles. The molecule has 1 amide bonds. The van der Waals surface area contributed by atoms with Crippen LogP contribution in [0.5, 0.6) is 0 Å². The molecule has 1 aromatic rings. The smallest absolute Gasteiger partial charge is 0.335 e. The second kappa shape index (κ2) is 5.92. The van der Waals surface area contributed by atoms with Crippen molar-refractivity contribution in [1.29, 1.82) is 0 Å². The van der Waals surface area contributed by atoms with Crippen LogP contribution < -0.4 is 5.32 Å². The lowest BCUT2D eigenvalue weighted by Gasteiger charge is -1.97. The lowest BCUT2D eigenvalue weighted by molar-refractivity contribution is -0.118. The molecule has 4 nitrogen and oxygen atoms in total. The van der Waals surface area contributed by atoms with Crippen molar-refractivity contribution >= 4 is 23.5 Å². The van der Waals surface area contributed by atoms with Crippen LogP contribution in [0.3, 0.4) is 0 Å². The summed E-state index contributed by atoms with van der Waals surface area (Å²) in [7, 11) is 0. The topological polar surface area (TPSA) is 66.4 Å². The number of benzene rings is 1. The fraction of sp³-hybridized carbons (Fsp3) is 0.167. The highest BCUT2D eigenvalue weighted by molar-refractivity contribution is 6.31. The van der Waals surface area contributed by atoms with Crippen LogP contribution in [0, 0.1) is 11.8 Å². The van der Waals surface area contributed by atoms with Crippen LogP contribution in [-0.2, 0) is 4.79 Å². The predicted molar refractivity (Wildman–Crippen MR) is 64.0 cm³/mol. The molecule has 1 rings (SSSR count). The SMILES string of the molecule is CC(=O)NCC#Cc1cc(Cl)cc(C(=O)O)c1. The van der Waals surface area contributed by atoms with E-state index in [2.05, 4.69) is 17.2 Å². The van der Waals surface area contributed by atoms with E-state index in [1.807, 2.05) is 0 Å². The van der Waals surface area contributed by atoms with Gasteiger partial charge in [-0.05, 0) is 18.2 Å². The zero-order valence-electron chi connectivity index (χ0n) is 9.08. The molecular weight excluding hydrogens is 242 g/mol. The van der Waals surface area contributed by atoms with E-state index in [1.165, 1.54) is 19.1 Å². The van der Waals surface area contributed by atoms with E-state index < -0.39 is 5.97 Å². The van der Waals surface area contributed by atoms with Gasteiger partial charge in [-0.15, -0.1) is 0 Å². The minimum atomic E-state index is -1.06. The molecule has 0 spiro atoms. The molecule has 0 heterocycles. The second-order valence-electron chi connectivity index (χ2n) is 3.25. The van der Waals surface area contributed by atoms with Crippen molar-refractivity contribution in [3.8, 4) is 11.8 Å². The average Bonchev–Trinajstić information content (AvgIpc) is 2.23. The minimum absolute atomic E-state index is 0.0846. The van der Waals surface area contributed by atoms with Crippen molar-refractivity contribution in [3.63, 3.8) is 0 Å². The monoisotopic (exact) mass is 251 g/mol. The standard InChI is InChI=1S/C12H10ClNO3/c1-8(15)14-4-2-3-9-5-10(12(16)17)7-11(13)6-9/h5-7H,4H2,1H3,(H,14,15)(H,16,17). The van der Waals surface area contributed by atoms with Gasteiger partial charge in [-0.1, -0.05) is 23.4 Å². The predicted octanol–water partition coefficient (Wildman–Crippen LogP) is 1.53. The quantitative estimate of drug-likeness (QED) is 0.784. The summed E-state index contributed by atoms with van der Waals surface area (Å²) < 4.78 is 0. The van der Waals surface area contributed by atoms with E-state index in [0.29, 0.717) is 10.6 Å². The van der Waals surface area contributed by atoms with E-state index in [4.69, 9.17) is 16.7 Å². The van der Waals surface area contributed by atoms with E-state index >= 15 is 0 Å². The van der Waals surface area contributed by atoms with Crippen LogP contribution in [0.1, 0.15) is 22.8 Å². The molecule has 0 aromatic heterocycles. The molecule has 0 aliphatic rings. The molecule has 2 N–H and O–H groups in total. The van der Waals surface area contributed by atoms with Crippen molar-refractivity contribution < 1.29 is 14.7 Å². The van der Waals surface area contributed by atoms with Gasteiger partial charge in [-0.3, -0.25) is 4.79 Å². The van der Waals surface area contributed by atoms with Gasteiger partial charge in [0.1, 0.15) is 0 Å². The Hall–Kier alpha value is -1.99. The molecule has 0 saturated carbocycles. The molecule has 0 unspecified atom stereocenters. The summed E-state index contributed by atoms with van der Waals surface area (Å²) in [5.74, 6) is 4.19. The number of amides is 1. The summed E-state index contributed by atoms with van der Waals surface area (Å²) in [6, 6.07) is 4.34. The highest BCUT2D eigenvalue weighted by atomic mass is 35.5. The third-order valence-electron chi connectivity index (χ3n) is 1.80. The molecule has 0 bridgehead atoms. The van der Waals surface area contributed by atoms with Crippen LogP contribution in [0.4, 0.5) is 0 Å². The molecule has 0 radical (unpaired) electrons. The number of carboxylic acids is 1. The fourth-order valence-corrected chi connectivity index (χ4v) is 1.34. The Morgan fingerprint density at radius 2 is 2.12 bits per heavy atom. The number of carbonyl (C=O) groups is 2. The zero-order valence-corrected chi connectivity index (χ0v) is 9.84. The maximum absolute atomic E-state index is 10.8. The largest absolute Gasteiger partial charge is 0.478 e. The van der Waals surface area contributed by atoms with Crippen LogP contribution in [0.2, 0.25) is 5.02 Å². The summed E-state index contributed by atoms with van der Waals surface area (Å²) in [5, 5.41) is 11.6. The number of carbonyl (C=O) groups excluding carboxylic acids is 1. The lowest BCUT2D eigenvalue weighted by atomic mass is 10.1. The lowest BCUT2D eigenvalue weighted by Crippen LogP contribution is -2.19. The second-order valence-corrected chi connectivity index (χ2v) is 3.68. The zero-order chi connectivity index (χ0) is 12.8. The van der Waals surface area contributed by atoms with Gasteiger partial charge in [0.25, 0.3) is 0 Å². The summed E-state index contributed by atoms with van der Waals surface area (Å²) in [6.45, 7) is 1.61. The molecule has 0 aliphatic carbocycles. The highest BCUT2D eigenvalue weighted by Gasteiger charge is 2.04. The molecular formula is C12H10ClNO3. The van der Waals surface area contributed by atoms with Crippen molar-refractivity contribution in [2.24, 2.45) is 0 Å². The van der Waals surface area contributed by atoms with E-state index in [1.54, 1.807) is 6.07 Å². The molecule has 88 valence electrons. The van der Waals surface area contributed by atoms with Gasteiger partial charge in [0.05, 0.1) is 12.1 Å². The Kier molecular flexibility index (Phi) is 4.56. The maximum atomic E-state index is 10.8. The third kappa shape index (κ3) is 4.58. The van der Waals surface area contributed by atoms with E-state index in [-0.39, 0.29) is 18.0 Å². The Labute approximate surface area is 104 Å². The van der Waals surface area contributed by atoms with Crippen LogP contribution in [0.25, 0.3) is 0 Å². The summed E-state index contributed by atoms with van der Waals surface area (Å²) in [5.41, 5.74) is 0.585. The Morgan fingerprint density at radius 1 is 1.41 bits per heavy atom. The first-order valence-electron chi connectivity index (χ1n) is 4.76. The minimum Gasteiger partial charge on any atom is -0.478 e. The molecule has 17 heavy (non-hydrogen) atoms. The van der Waals surface area contributed by atoms with Gasteiger partial charge in [-0.25, -0.2) is 4.79 Å². The molecule has 0 aliphatic heterocycles. The maximum Gasteiger partial charge on any atom is 0.335 e. The molecule has 0 saturated heterocycles. The third-order valence-corrected chi connectivity index (χ3v) is 2.02. The van der Waals surface area contributed by atoms with Gasteiger partial charge in [0.2, 0.25) is 5.91 Å². The normalized spacial score (nSPS) is 9.06. The van der Waals surface area contributed by atoms with Gasteiger partial charge in [-0.2, -0.15) is 0 Å². The van der Waals surface area contributed by atoms with Gasteiger partial charge >= 0.3 is 5.97 Å². The Morgan fingerprint density at radius 3 is 2.71 bits per heavy atom. The van der Waals surface area contributed by atoms with Crippen molar-refractivity contribution in [3.05, 3.63) is 34.3 Å². The first-order valence-corrected chi connectivity index (χ1v) is 5.14. The van der Waals surface area contributed by atoms with E-state index in [0.717, 1.165) is 0 Å². The number of hydrogen-bond acceptors (Lipinski definition) is 2. The fourth-order valence-electron chi connectivity index (χ4n) is 1.10. The molecule has 5 heteroatoms. The number of halogens is 1. The average molecular weight is 252 g/mol. The van der Waals surface area contributed by atoms with Gasteiger partial charge in [0.15, 0.2) is 0 Å². The first kappa shape index (κ1) is 13.1. The number of aromatic carboxylic acids is 1. The highest BCUT2D eigenvalue weighted by Crippen LogP contribution is 2.14. The summed E-state index contributed by atoms with van der Waals surface area (Å²) >= 11 is 5.76. The number of carboxylic acid groups (broad SMARTS) is 1. The van der Waals surface area contributed by atoms with Crippen LogP contribution >= 0.6 is 11.6 Å². The van der Waals surface area contributed by atoms with Crippen LogP contribution in [0.15, 0.2) is 18.2 Å². The van der Waals surface area contributed by atoms with Crippen molar-refractivity contribution in [1.82, 2.24) is 5.32 Å². The van der Waals surface area contributed by atoms with Crippen molar-refractivity contribution in [2.45, 2.75) is 6.92 Å². The first-order chi connectivity index (χ1) is 7.99. The molecule has 0 fully saturated rings. The number of nitrogens with one attached hydrogen (secondary N) is 1. The van der Waals surface area contributed by atoms with E-state index in [9.17, 15) is 9.59 Å². The Balaban J connectivity index is 2.84. The van der Waals surface area contributed by atoms with Gasteiger partial charge < -0.3 is 10.4 Å². The molecule has 0 atom stereocenters. The summed E-state index contributed by atoms with van der Waals surface area (Å²) in [6.07, 6.45) is 0. The number of hydrogen-bond donors (Lipinski definition) is 2. The van der Waals surface area contributed by atoms with Gasteiger partial charge in [0, 0.05) is 17.5 Å². The Bertz CT molecular complexity index is 514. The number of rotatable bonds is 2. The van der Waals surface area contributed by atoms with Crippen molar-refractivity contribution in [2.75, 3.05) is 6.54 Å². The summed E-state index contributed by atoms with van der Waals surface area (Å²) in [4.78, 5) is 21.3. The van der Waals surface area contributed by atoms with Crippen LogP contribution in [-0.4, -0.2) is 23.5 Å².